The fourth-order valence-electron chi connectivity index (χ4n) is 2.27. The second-order valence-electron chi connectivity index (χ2n) is 4.92. The lowest BCUT2D eigenvalue weighted by Gasteiger charge is -2.32. The fourth-order valence-corrected chi connectivity index (χ4v) is 3.78. The predicted molar refractivity (Wildman–Crippen MR) is 80.3 cm³/mol. The van der Waals surface area contributed by atoms with E-state index in [0.717, 1.165) is 10.6 Å². The second kappa shape index (κ2) is 4.79. The molecule has 2 aromatic rings. The maximum atomic E-state index is 11.6. The first-order valence-corrected chi connectivity index (χ1v) is 9.03. The standard InChI is InChI=1S/C14H15NO3S2/c1-9-14(13-4-3-7-19-13)18-12-6-5-10(20(2,16)17)8-11(12)15-9/h3-9,14-15H,1-2H3. The topological polar surface area (TPSA) is 55.4 Å². The quantitative estimate of drug-likeness (QED) is 0.926. The molecule has 6 heteroatoms. The van der Waals surface area contributed by atoms with E-state index in [4.69, 9.17) is 4.74 Å². The van der Waals surface area contributed by atoms with E-state index >= 15 is 0 Å². The van der Waals surface area contributed by atoms with Crippen molar-refractivity contribution in [1.29, 1.82) is 0 Å². The van der Waals surface area contributed by atoms with Gasteiger partial charge in [0.05, 0.1) is 16.6 Å². The summed E-state index contributed by atoms with van der Waals surface area (Å²) in [5.41, 5.74) is 0.730. The summed E-state index contributed by atoms with van der Waals surface area (Å²) in [7, 11) is -3.20. The molecule has 0 aliphatic carbocycles. The smallest absolute Gasteiger partial charge is 0.175 e. The van der Waals surface area contributed by atoms with E-state index in [1.165, 1.54) is 6.26 Å². The molecule has 1 aromatic carbocycles. The van der Waals surface area contributed by atoms with Gasteiger partial charge in [-0.25, -0.2) is 8.42 Å². The number of sulfone groups is 1. The first kappa shape index (κ1) is 13.5. The summed E-state index contributed by atoms with van der Waals surface area (Å²) in [5.74, 6) is 0.689. The zero-order valence-electron chi connectivity index (χ0n) is 11.2. The maximum absolute atomic E-state index is 11.6. The van der Waals surface area contributed by atoms with Gasteiger partial charge in [0.2, 0.25) is 0 Å². The first-order valence-electron chi connectivity index (χ1n) is 6.26. The van der Waals surface area contributed by atoms with Crippen molar-refractivity contribution >= 4 is 26.9 Å². The lowest BCUT2D eigenvalue weighted by Crippen LogP contribution is -2.32. The lowest BCUT2D eigenvalue weighted by molar-refractivity contribution is 0.181. The third-order valence-corrected chi connectivity index (χ3v) is 5.34. The van der Waals surface area contributed by atoms with Crippen molar-refractivity contribution in [3.8, 4) is 5.75 Å². The molecule has 1 aliphatic heterocycles. The zero-order chi connectivity index (χ0) is 14.3. The van der Waals surface area contributed by atoms with Gasteiger partial charge in [-0.3, -0.25) is 0 Å². The molecule has 0 bridgehead atoms. The highest BCUT2D eigenvalue weighted by Gasteiger charge is 2.29. The summed E-state index contributed by atoms with van der Waals surface area (Å²) in [5, 5.41) is 5.35. The van der Waals surface area contributed by atoms with E-state index in [1.807, 2.05) is 24.4 Å². The molecule has 2 atom stereocenters. The average molecular weight is 309 g/mol. The van der Waals surface area contributed by atoms with Gasteiger partial charge < -0.3 is 10.1 Å². The van der Waals surface area contributed by atoms with Crippen molar-refractivity contribution in [3.63, 3.8) is 0 Å². The maximum Gasteiger partial charge on any atom is 0.175 e. The molecule has 1 aliphatic rings. The Morgan fingerprint density at radius 1 is 1.30 bits per heavy atom. The summed E-state index contributed by atoms with van der Waals surface area (Å²) in [4.78, 5) is 1.46. The molecular weight excluding hydrogens is 294 g/mol. The van der Waals surface area contributed by atoms with Crippen LogP contribution in [0.5, 0.6) is 5.75 Å². The Labute approximate surface area is 122 Å². The second-order valence-corrected chi connectivity index (χ2v) is 7.91. The highest BCUT2D eigenvalue weighted by molar-refractivity contribution is 7.90. The largest absolute Gasteiger partial charge is 0.481 e. The van der Waals surface area contributed by atoms with Crippen molar-refractivity contribution in [3.05, 3.63) is 40.6 Å². The van der Waals surface area contributed by atoms with Gasteiger partial charge in [-0.15, -0.1) is 11.3 Å². The average Bonchev–Trinajstić information content (AvgIpc) is 2.89. The molecule has 3 rings (SSSR count). The van der Waals surface area contributed by atoms with Crippen LogP contribution in [0.4, 0.5) is 5.69 Å². The molecule has 0 spiro atoms. The van der Waals surface area contributed by atoms with Crippen LogP contribution in [0.3, 0.4) is 0 Å². The Bertz CT molecular complexity index is 723. The molecule has 0 fully saturated rings. The molecule has 0 saturated heterocycles. The summed E-state index contributed by atoms with van der Waals surface area (Å²) in [6, 6.07) is 9.05. The van der Waals surface area contributed by atoms with Crippen molar-refractivity contribution in [2.24, 2.45) is 0 Å². The van der Waals surface area contributed by atoms with Gasteiger partial charge in [-0.05, 0) is 36.6 Å². The van der Waals surface area contributed by atoms with E-state index in [-0.39, 0.29) is 12.1 Å². The minimum absolute atomic E-state index is 0.0495. The molecule has 2 unspecified atom stereocenters. The third kappa shape index (κ3) is 2.41. The van der Waals surface area contributed by atoms with Gasteiger partial charge in [0, 0.05) is 11.1 Å². The third-order valence-electron chi connectivity index (χ3n) is 3.29. The van der Waals surface area contributed by atoms with Crippen LogP contribution in [0.25, 0.3) is 0 Å². The van der Waals surface area contributed by atoms with E-state index in [1.54, 1.807) is 29.5 Å². The number of thiophene rings is 1. The van der Waals surface area contributed by atoms with E-state index in [2.05, 4.69) is 5.32 Å². The van der Waals surface area contributed by atoms with Crippen LogP contribution < -0.4 is 10.1 Å². The van der Waals surface area contributed by atoms with Crippen LogP contribution in [0.1, 0.15) is 17.9 Å². The first-order chi connectivity index (χ1) is 9.45. The van der Waals surface area contributed by atoms with Gasteiger partial charge in [-0.1, -0.05) is 6.07 Å². The number of hydrogen-bond donors (Lipinski definition) is 1. The van der Waals surface area contributed by atoms with Crippen molar-refractivity contribution in [2.45, 2.75) is 24.0 Å². The fraction of sp³-hybridized carbons (Fsp3) is 0.286. The molecule has 0 amide bonds. The van der Waals surface area contributed by atoms with Gasteiger partial charge in [0.25, 0.3) is 0 Å². The van der Waals surface area contributed by atoms with Crippen LogP contribution in [-0.2, 0) is 9.84 Å². The Morgan fingerprint density at radius 2 is 2.10 bits per heavy atom. The molecule has 4 nitrogen and oxygen atoms in total. The molecule has 0 saturated carbocycles. The Balaban J connectivity index is 1.97. The number of anilines is 1. The van der Waals surface area contributed by atoms with Gasteiger partial charge >= 0.3 is 0 Å². The summed E-state index contributed by atoms with van der Waals surface area (Å²) < 4.78 is 29.2. The highest BCUT2D eigenvalue weighted by Crippen LogP contribution is 2.39. The van der Waals surface area contributed by atoms with Crippen LogP contribution in [0.2, 0.25) is 0 Å². The molecule has 1 N–H and O–H groups in total. The van der Waals surface area contributed by atoms with Crippen molar-refractivity contribution in [1.82, 2.24) is 0 Å². The molecule has 1 aromatic heterocycles. The Kier molecular flexibility index (Phi) is 3.22. The van der Waals surface area contributed by atoms with Crippen molar-refractivity contribution in [2.75, 3.05) is 11.6 Å². The number of ether oxygens (including phenoxy) is 1. The van der Waals surface area contributed by atoms with Gasteiger partial charge in [0.15, 0.2) is 15.9 Å². The summed E-state index contributed by atoms with van der Waals surface area (Å²) in [6.07, 6.45) is 1.16. The van der Waals surface area contributed by atoms with Crippen molar-refractivity contribution < 1.29 is 13.2 Å². The van der Waals surface area contributed by atoms with Crippen LogP contribution >= 0.6 is 11.3 Å². The molecule has 20 heavy (non-hydrogen) atoms. The monoisotopic (exact) mass is 309 g/mol. The van der Waals surface area contributed by atoms with Crippen LogP contribution in [-0.4, -0.2) is 20.7 Å². The minimum atomic E-state index is -3.20. The summed E-state index contributed by atoms with van der Waals surface area (Å²) in [6.45, 7) is 2.03. The zero-order valence-corrected chi connectivity index (χ0v) is 12.8. The Hall–Kier alpha value is -1.53. The number of benzene rings is 1. The van der Waals surface area contributed by atoms with Crippen LogP contribution in [0, 0.1) is 0 Å². The molecule has 0 radical (unpaired) electrons. The minimum Gasteiger partial charge on any atom is -0.481 e. The number of rotatable bonds is 2. The van der Waals surface area contributed by atoms with Gasteiger partial charge in [0.1, 0.15) is 5.75 Å². The van der Waals surface area contributed by atoms with Gasteiger partial charge in [-0.2, -0.15) is 0 Å². The molecular formula is C14H15NO3S2. The number of nitrogens with one attached hydrogen (secondary N) is 1. The number of hydrogen-bond acceptors (Lipinski definition) is 5. The SMILES string of the molecule is CC1Nc2cc(S(C)(=O)=O)ccc2OC1c1cccs1. The van der Waals surface area contributed by atoms with E-state index in [9.17, 15) is 8.42 Å². The van der Waals surface area contributed by atoms with E-state index < -0.39 is 9.84 Å². The molecule has 106 valence electrons. The lowest BCUT2D eigenvalue weighted by atomic mass is 10.1. The number of fused-ring (bicyclic) bond motifs is 1. The predicted octanol–water partition coefficient (Wildman–Crippen LogP) is 3.09. The molecule has 2 heterocycles. The Morgan fingerprint density at radius 3 is 2.75 bits per heavy atom. The van der Waals surface area contributed by atoms with Crippen LogP contribution in [0.15, 0.2) is 40.6 Å². The summed E-state index contributed by atoms with van der Waals surface area (Å²) >= 11 is 1.65. The van der Waals surface area contributed by atoms with E-state index in [0.29, 0.717) is 10.6 Å². The normalized spacial score (nSPS) is 21.7. The highest BCUT2D eigenvalue weighted by atomic mass is 32.2.